The van der Waals surface area contributed by atoms with E-state index in [1.54, 1.807) is 20.5 Å². The molecule has 11 heteroatoms. The maximum atomic E-state index is 12.4. The predicted octanol–water partition coefficient (Wildman–Crippen LogP) is 3.44. The quantitative estimate of drug-likeness (QED) is 0.588. The number of ether oxygens (including phenoxy) is 2. The number of nitrogens with two attached hydrogens (primary N) is 1. The van der Waals surface area contributed by atoms with Gasteiger partial charge in [0.2, 0.25) is 0 Å². The minimum Gasteiger partial charge on any atom is -0.444 e. The average molecular weight is 492 g/mol. The molecule has 0 spiro atoms. The second-order valence-electron chi connectivity index (χ2n) is 10.5. The smallest absolute Gasteiger partial charge is 0.410 e. The van der Waals surface area contributed by atoms with Crippen LogP contribution < -0.4 is 5.73 Å². The Labute approximate surface area is 203 Å². The maximum absolute atomic E-state index is 12.4. The minimum atomic E-state index is -0.601. The van der Waals surface area contributed by atoms with E-state index in [9.17, 15) is 10.1 Å². The van der Waals surface area contributed by atoms with Crippen molar-refractivity contribution in [1.29, 1.82) is 5.26 Å². The summed E-state index contributed by atoms with van der Waals surface area (Å²) in [6, 6.07) is 2.19. The van der Waals surface area contributed by atoms with E-state index in [1.165, 1.54) is 0 Å². The molecule has 2 aromatic heterocycles. The zero-order chi connectivity index (χ0) is 25.1. The predicted molar refractivity (Wildman–Crippen MR) is 135 cm³/mol. The van der Waals surface area contributed by atoms with Crippen LogP contribution in [0.1, 0.15) is 45.2 Å². The normalized spacial score (nSPS) is 15.9. The van der Waals surface area contributed by atoms with Gasteiger partial charge in [-0.15, -0.1) is 0 Å². The molecule has 188 valence electrons. The van der Waals surface area contributed by atoms with Crippen molar-refractivity contribution in [3.63, 3.8) is 0 Å². The number of carbonyl (C=O) groups excluding carboxylic acids is 1. The maximum Gasteiger partial charge on any atom is 0.410 e. The molecule has 0 aromatic carbocycles. The Bertz CT molecular complexity index is 1030. The SMILES string of the molecule is CC(C)(C)OC(=O)N1CCC(n2nc(-c3cnn(COCCS(C)(C)C)c3)c(C#N)c2N)CC1. The third-order valence-electron chi connectivity index (χ3n) is 5.49. The standard InChI is InChI=1S/C23H37N7O3S/c1-23(2,3)33-22(31)28-9-7-18(8-10-28)30-21(25)19(13-24)20(27-30)17-14-26-29(15-17)16-32-11-12-34(4,5)6/h14-15,18H,7-12,16,25H2,1-6H3. The van der Waals surface area contributed by atoms with E-state index in [-0.39, 0.29) is 12.1 Å². The van der Waals surface area contributed by atoms with Gasteiger partial charge in [0.1, 0.15) is 35.5 Å². The lowest BCUT2D eigenvalue weighted by Gasteiger charge is -2.33. The number of piperidine rings is 1. The second-order valence-corrected chi connectivity index (χ2v) is 15.1. The van der Waals surface area contributed by atoms with Crippen LogP contribution in [0.15, 0.2) is 12.4 Å². The zero-order valence-electron chi connectivity index (χ0n) is 21.1. The lowest BCUT2D eigenvalue weighted by Crippen LogP contribution is -2.42. The number of nitriles is 1. The number of likely N-dealkylation sites (tertiary alicyclic amines) is 1. The Morgan fingerprint density at radius 1 is 1.29 bits per heavy atom. The van der Waals surface area contributed by atoms with Gasteiger partial charge in [0.05, 0.1) is 18.8 Å². The molecule has 1 aliphatic rings. The molecule has 1 aliphatic heterocycles. The summed E-state index contributed by atoms with van der Waals surface area (Å²) in [6.07, 6.45) is 11.3. The summed E-state index contributed by atoms with van der Waals surface area (Å²) in [7, 11) is -0.601. The summed E-state index contributed by atoms with van der Waals surface area (Å²) in [5, 5.41) is 18.8. The highest BCUT2D eigenvalue weighted by Gasteiger charge is 2.30. The first-order valence-corrected chi connectivity index (χ1v) is 14.4. The van der Waals surface area contributed by atoms with Crippen molar-refractivity contribution in [2.75, 3.05) is 50.0 Å². The number of amides is 1. The molecule has 1 saturated heterocycles. The molecular formula is C23H37N7O3S. The summed E-state index contributed by atoms with van der Waals surface area (Å²) in [5.41, 5.74) is 7.38. The monoisotopic (exact) mass is 491 g/mol. The van der Waals surface area contributed by atoms with Gasteiger partial charge in [-0.25, -0.2) is 24.2 Å². The molecule has 3 rings (SSSR count). The molecule has 0 aliphatic carbocycles. The van der Waals surface area contributed by atoms with Gasteiger partial charge < -0.3 is 20.1 Å². The summed E-state index contributed by atoms with van der Waals surface area (Å²) < 4.78 is 14.6. The van der Waals surface area contributed by atoms with Crippen molar-refractivity contribution < 1.29 is 14.3 Å². The molecule has 2 aromatic rings. The van der Waals surface area contributed by atoms with Crippen molar-refractivity contribution in [3.05, 3.63) is 18.0 Å². The number of aromatic nitrogens is 4. The minimum absolute atomic E-state index is 0.00202. The Morgan fingerprint density at radius 3 is 2.56 bits per heavy atom. The largest absolute Gasteiger partial charge is 0.444 e. The third-order valence-corrected chi connectivity index (χ3v) is 6.88. The molecule has 0 unspecified atom stereocenters. The van der Waals surface area contributed by atoms with Gasteiger partial charge in [-0.1, -0.05) is 0 Å². The molecule has 10 nitrogen and oxygen atoms in total. The van der Waals surface area contributed by atoms with E-state index in [0.717, 1.165) is 11.3 Å². The van der Waals surface area contributed by atoms with E-state index in [4.69, 9.17) is 15.2 Å². The van der Waals surface area contributed by atoms with E-state index in [2.05, 4.69) is 35.0 Å². The van der Waals surface area contributed by atoms with Crippen LogP contribution >= 0.6 is 10.0 Å². The number of carbonyl (C=O) groups is 1. The highest BCUT2D eigenvalue weighted by Crippen LogP contribution is 2.34. The van der Waals surface area contributed by atoms with Crippen molar-refractivity contribution >= 4 is 21.9 Å². The van der Waals surface area contributed by atoms with Crippen molar-refractivity contribution in [1.82, 2.24) is 24.5 Å². The molecule has 0 saturated carbocycles. The summed E-state index contributed by atoms with van der Waals surface area (Å²) in [5.74, 6) is 1.37. The number of hydrogen-bond acceptors (Lipinski definition) is 7. The average Bonchev–Trinajstić information content (AvgIpc) is 3.33. The Hall–Kier alpha value is -2.71. The fourth-order valence-corrected chi connectivity index (χ4v) is 4.30. The van der Waals surface area contributed by atoms with Crippen molar-refractivity contribution in [3.8, 4) is 17.3 Å². The Kier molecular flexibility index (Phi) is 7.83. The highest BCUT2D eigenvalue weighted by molar-refractivity contribution is 8.32. The van der Waals surface area contributed by atoms with Crippen molar-refractivity contribution in [2.24, 2.45) is 0 Å². The lowest BCUT2D eigenvalue weighted by atomic mass is 10.1. The van der Waals surface area contributed by atoms with Crippen LogP contribution in [0.5, 0.6) is 0 Å². The van der Waals surface area contributed by atoms with Crippen LogP contribution in [0.2, 0.25) is 0 Å². The first kappa shape index (κ1) is 25.9. The topological polar surface area (TPSA) is 124 Å². The van der Waals surface area contributed by atoms with Crippen LogP contribution in [-0.2, 0) is 16.2 Å². The van der Waals surface area contributed by atoms with Gasteiger partial charge in [0.15, 0.2) is 0 Å². The van der Waals surface area contributed by atoms with Crippen LogP contribution in [0.3, 0.4) is 0 Å². The van der Waals surface area contributed by atoms with Gasteiger partial charge in [0.25, 0.3) is 0 Å². The fourth-order valence-electron chi connectivity index (χ4n) is 3.68. The van der Waals surface area contributed by atoms with Gasteiger partial charge in [-0.3, -0.25) is 0 Å². The van der Waals surface area contributed by atoms with E-state index >= 15 is 0 Å². The molecule has 2 N–H and O–H groups in total. The number of rotatable bonds is 7. The fraction of sp³-hybridized carbons (Fsp3) is 0.652. The molecule has 0 radical (unpaired) electrons. The summed E-state index contributed by atoms with van der Waals surface area (Å²) in [4.78, 5) is 14.1. The van der Waals surface area contributed by atoms with Crippen LogP contribution in [0.4, 0.5) is 10.6 Å². The zero-order valence-corrected chi connectivity index (χ0v) is 21.9. The molecule has 34 heavy (non-hydrogen) atoms. The molecule has 1 fully saturated rings. The Balaban J connectivity index is 1.67. The van der Waals surface area contributed by atoms with Crippen LogP contribution in [-0.4, -0.2) is 80.4 Å². The van der Waals surface area contributed by atoms with E-state index < -0.39 is 15.6 Å². The number of nitrogens with zero attached hydrogens (tertiary/aromatic N) is 6. The first-order chi connectivity index (χ1) is 15.9. The summed E-state index contributed by atoms with van der Waals surface area (Å²) in [6.45, 7) is 7.68. The molecule has 0 bridgehead atoms. The van der Waals surface area contributed by atoms with E-state index in [0.29, 0.717) is 56.3 Å². The van der Waals surface area contributed by atoms with E-state index in [1.807, 2.05) is 27.0 Å². The third kappa shape index (κ3) is 6.67. The Morgan fingerprint density at radius 2 is 1.97 bits per heavy atom. The summed E-state index contributed by atoms with van der Waals surface area (Å²) >= 11 is 0. The first-order valence-electron chi connectivity index (χ1n) is 11.4. The number of nitrogen functional groups attached to an aromatic ring is 1. The number of hydrogen-bond donors (Lipinski definition) is 1. The molecular weight excluding hydrogens is 454 g/mol. The van der Waals surface area contributed by atoms with Gasteiger partial charge in [-0.05, 0) is 52.4 Å². The molecule has 3 heterocycles. The lowest BCUT2D eigenvalue weighted by molar-refractivity contribution is 0.0185. The van der Waals surface area contributed by atoms with Crippen molar-refractivity contribution in [2.45, 2.75) is 52.0 Å². The second kappa shape index (κ2) is 10.3. The highest BCUT2D eigenvalue weighted by atomic mass is 32.3. The number of anilines is 1. The molecule has 0 atom stereocenters. The van der Waals surface area contributed by atoms with Crippen LogP contribution in [0.25, 0.3) is 11.3 Å². The molecule has 1 amide bonds. The van der Waals surface area contributed by atoms with Gasteiger partial charge >= 0.3 is 6.09 Å². The van der Waals surface area contributed by atoms with Gasteiger partial charge in [0, 0.05) is 30.6 Å². The van der Waals surface area contributed by atoms with Crippen LogP contribution in [0, 0.1) is 11.3 Å². The van der Waals surface area contributed by atoms with Gasteiger partial charge in [-0.2, -0.15) is 15.5 Å².